The van der Waals surface area contributed by atoms with Crippen LogP contribution in [0, 0.1) is 6.92 Å². The third-order valence-corrected chi connectivity index (χ3v) is 4.83. The summed E-state index contributed by atoms with van der Waals surface area (Å²) in [6.07, 6.45) is 0. The van der Waals surface area contributed by atoms with E-state index in [-0.39, 0.29) is 11.8 Å². The van der Waals surface area contributed by atoms with Crippen molar-refractivity contribution >= 4 is 34.0 Å². The van der Waals surface area contributed by atoms with E-state index in [2.05, 4.69) is 10.6 Å². The summed E-state index contributed by atoms with van der Waals surface area (Å²) >= 11 is 0. The number of nitrogens with one attached hydrogen (secondary N) is 2. The molecule has 4 aromatic carbocycles. The summed E-state index contributed by atoms with van der Waals surface area (Å²) < 4.78 is 0. The fourth-order valence-electron chi connectivity index (χ4n) is 3.23. The molecule has 0 spiro atoms. The molecular weight excluding hydrogens is 360 g/mol. The molecular formula is C25H20N2O2. The highest BCUT2D eigenvalue weighted by atomic mass is 16.2. The van der Waals surface area contributed by atoms with Crippen LogP contribution in [0.1, 0.15) is 26.3 Å². The van der Waals surface area contributed by atoms with Crippen molar-refractivity contribution in [3.8, 4) is 0 Å². The first-order valence-electron chi connectivity index (χ1n) is 9.38. The van der Waals surface area contributed by atoms with Crippen molar-refractivity contribution in [3.63, 3.8) is 0 Å². The molecule has 29 heavy (non-hydrogen) atoms. The van der Waals surface area contributed by atoms with Gasteiger partial charge in [0.25, 0.3) is 11.8 Å². The maximum Gasteiger partial charge on any atom is 0.256 e. The van der Waals surface area contributed by atoms with Gasteiger partial charge < -0.3 is 10.6 Å². The quantitative estimate of drug-likeness (QED) is 0.480. The van der Waals surface area contributed by atoms with Crippen LogP contribution in [0.15, 0.2) is 91.0 Å². The van der Waals surface area contributed by atoms with Gasteiger partial charge >= 0.3 is 0 Å². The monoisotopic (exact) mass is 380 g/mol. The number of carbonyl (C=O) groups is 2. The Kier molecular flexibility index (Phi) is 5.08. The molecule has 0 aliphatic carbocycles. The minimum Gasteiger partial charge on any atom is -0.322 e. The molecule has 0 saturated carbocycles. The second-order valence-electron chi connectivity index (χ2n) is 6.83. The Hall–Kier alpha value is -3.92. The fourth-order valence-corrected chi connectivity index (χ4v) is 3.23. The number of benzene rings is 4. The number of fused-ring (bicyclic) bond motifs is 1. The molecule has 4 aromatic rings. The van der Waals surface area contributed by atoms with Crippen molar-refractivity contribution in [2.75, 3.05) is 10.6 Å². The number of rotatable bonds is 4. The zero-order valence-corrected chi connectivity index (χ0v) is 16.0. The first-order chi connectivity index (χ1) is 14.1. The fraction of sp³-hybridized carbons (Fsp3) is 0.0400. The third-order valence-electron chi connectivity index (χ3n) is 4.83. The third kappa shape index (κ3) is 4.01. The first-order valence-corrected chi connectivity index (χ1v) is 9.38. The molecule has 0 heterocycles. The van der Waals surface area contributed by atoms with E-state index < -0.39 is 0 Å². The summed E-state index contributed by atoms with van der Waals surface area (Å²) in [6, 6.07) is 27.9. The van der Waals surface area contributed by atoms with E-state index in [1.807, 2.05) is 73.7 Å². The van der Waals surface area contributed by atoms with Gasteiger partial charge in [0.05, 0.1) is 0 Å². The number of amides is 2. The second-order valence-corrected chi connectivity index (χ2v) is 6.83. The van der Waals surface area contributed by atoms with Gasteiger partial charge in [-0.1, -0.05) is 54.6 Å². The van der Waals surface area contributed by atoms with E-state index in [0.717, 1.165) is 22.0 Å². The molecule has 4 heteroatoms. The Morgan fingerprint density at radius 2 is 1.34 bits per heavy atom. The Morgan fingerprint density at radius 3 is 2.14 bits per heavy atom. The molecule has 2 N–H and O–H groups in total. The van der Waals surface area contributed by atoms with Crippen molar-refractivity contribution in [1.29, 1.82) is 0 Å². The van der Waals surface area contributed by atoms with Crippen LogP contribution in [0.4, 0.5) is 11.4 Å². The maximum atomic E-state index is 12.7. The topological polar surface area (TPSA) is 58.2 Å². The predicted octanol–water partition coefficient (Wildman–Crippen LogP) is 5.65. The average Bonchev–Trinajstić information content (AvgIpc) is 2.75. The number of anilines is 2. The van der Waals surface area contributed by atoms with Crippen molar-refractivity contribution in [2.24, 2.45) is 0 Å². The van der Waals surface area contributed by atoms with E-state index in [0.29, 0.717) is 16.8 Å². The SMILES string of the molecule is Cc1ccccc1NC(=O)c1ccc(NC(=O)c2cccc3ccccc23)cc1. The molecule has 0 fully saturated rings. The molecule has 0 aromatic heterocycles. The van der Waals surface area contributed by atoms with E-state index in [9.17, 15) is 9.59 Å². The van der Waals surface area contributed by atoms with Crippen LogP contribution in [-0.4, -0.2) is 11.8 Å². The van der Waals surface area contributed by atoms with E-state index in [1.165, 1.54) is 0 Å². The van der Waals surface area contributed by atoms with Gasteiger partial charge in [-0.15, -0.1) is 0 Å². The maximum absolute atomic E-state index is 12.7. The van der Waals surface area contributed by atoms with Crippen molar-refractivity contribution in [3.05, 3.63) is 108 Å². The van der Waals surface area contributed by atoms with Gasteiger partial charge in [0.1, 0.15) is 0 Å². The van der Waals surface area contributed by atoms with Crippen molar-refractivity contribution < 1.29 is 9.59 Å². The summed E-state index contributed by atoms with van der Waals surface area (Å²) in [7, 11) is 0. The number of para-hydroxylation sites is 1. The molecule has 0 aliphatic heterocycles. The molecule has 0 bridgehead atoms. The molecule has 0 saturated heterocycles. The van der Waals surface area contributed by atoms with Gasteiger partial charge in [0.2, 0.25) is 0 Å². The summed E-state index contributed by atoms with van der Waals surface area (Å²) in [4.78, 5) is 25.2. The van der Waals surface area contributed by atoms with Crippen molar-refractivity contribution in [1.82, 2.24) is 0 Å². The molecule has 0 radical (unpaired) electrons. The van der Waals surface area contributed by atoms with Crippen LogP contribution >= 0.6 is 0 Å². The summed E-state index contributed by atoms with van der Waals surface area (Å²) in [5, 5.41) is 7.73. The van der Waals surface area contributed by atoms with Gasteiger partial charge in [0, 0.05) is 22.5 Å². The Morgan fingerprint density at radius 1 is 0.655 bits per heavy atom. The van der Waals surface area contributed by atoms with Crippen LogP contribution in [0.25, 0.3) is 10.8 Å². The standard InChI is InChI=1S/C25H20N2O2/c1-17-7-2-5-12-23(17)27-24(28)19-13-15-20(16-14-19)26-25(29)22-11-6-9-18-8-3-4-10-21(18)22/h2-16H,1H3,(H,26,29)(H,27,28). The molecule has 2 amide bonds. The summed E-state index contributed by atoms with van der Waals surface area (Å²) in [5.41, 5.74) is 3.56. The van der Waals surface area contributed by atoms with Crippen LogP contribution < -0.4 is 10.6 Å². The van der Waals surface area contributed by atoms with Crippen LogP contribution in [-0.2, 0) is 0 Å². The van der Waals surface area contributed by atoms with E-state index in [1.54, 1.807) is 24.3 Å². The molecule has 4 rings (SSSR count). The number of aryl methyl sites for hydroxylation is 1. The molecule has 0 atom stereocenters. The van der Waals surface area contributed by atoms with E-state index >= 15 is 0 Å². The lowest BCUT2D eigenvalue weighted by molar-refractivity contribution is 0.102. The average molecular weight is 380 g/mol. The van der Waals surface area contributed by atoms with Gasteiger partial charge in [-0.3, -0.25) is 9.59 Å². The van der Waals surface area contributed by atoms with Gasteiger partial charge in [0.15, 0.2) is 0 Å². The molecule has 0 aliphatic rings. The molecule has 4 nitrogen and oxygen atoms in total. The smallest absolute Gasteiger partial charge is 0.256 e. The first kappa shape index (κ1) is 18.4. The lowest BCUT2D eigenvalue weighted by Gasteiger charge is -2.10. The Labute approximate surface area is 169 Å². The molecule has 0 unspecified atom stereocenters. The minimum atomic E-state index is -0.189. The summed E-state index contributed by atoms with van der Waals surface area (Å²) in [6.45, 7) is 1.95. The highest BCUT2D eigenvalue weighted by Crippen LogP contribution is 2.20. The molecule has 142 valence electrons. The van der Waals surface area contributed by atoms with Crippen LogP contribution in [0.3, 0.4) is 0 Å². The number of hydrogen-bond donors (Lipinski definition) is 2. The van der Waals surface area contributed by atoms with Crippen LogP contribution in [0.5, 0.6) is 0 Å². The number of hydrogen-bond acceptors (Lipinski definition) is 2. The normalized spacial score (nSPS) is 10.5. The van der Waals surface area contributed by atoms with Crippen LogP contribution in [0.2, 0.25) is 0 Å². The highest BCUT2D eigenvalue weighted by molar-refractivity contribution is 6.13. The largest absolute Gasteiger partial charge is 0.322 e. The van der Waals surface area contributed by atoms with Gasteiger partial charge in [-0.05, 0) is 59.7 Å². The Bertz CT molecular complexity index is 1190. The van der Waals surface area contributed by atoms with Gasteiger partial charge in [-0.25, -0.2) is 0 Å². The Balaban J connectivity index is 1.49. The van der Waals surface area contributed by atoms with Crippen molar-refractivity contribution in [2.45, 2.75) is 6.92 Å². The lowest BCUT2D eigenvalue weighted by Crippen LogP contribution is -2.14. The highest BCUT2D eigenvalue weighted by Gasteiger charge is 2.11. The zero-order valence-electron chi connectivity index (χ0n) is 16.0. The van der Waals surface area contributed by atoms with Gasteiger partial charge in [-0.2, -0.15) is 0 Å². The lowest BCUT2D eigenvalue weighted by atomic mass is 10.0. The summed E-state index contributed by atoms with van der Waals surface area (Å²) in [5.74, 6) is -0.370. The second kappa shape index (κ2) is 7.98. The zero-order chi connectivity index (χ0) is 20.2. The minimum absolute atomic E-state index is 0.182. The predicted molar refractivity (Wildman–Crippen MR) is 117 cm³/mol. The van der Waals surface area contributed by atoms with E-state index in [4.69, 9.17) is 0 Å². The number of carbonyl (C=O) groups excluding carboxylic acids is 2.